The molecule has 1 heterocycles. The second kappa shape index (κ2) is 7.22. The molecule has 1 aliphatic carbocycles. The summed E-state index contributed by atoms with van der Waals surface area (Å²) in [7, 11) is 0. The van der Waals surface area contributed by atoms with Crippen LogP contribution in [-0.2, 0) is 14.4 Å². The lowest BCUT2D eigenvalue weighted by Crippen LogP contribution is -2.53. The number of nitrogens with zero attached hydrogens (tertiary/aromatic N) is 1. The normalized spacial score (nSPS) is 29.2. The maximum Gasteiger partial charge on any atom is 0.229 e. The van der Waals surface area contributed by atoms with Gasteiger partial charge >= 0.3 is 0 Å². The van der Waals surface area contributed by atoms with Crippen molar-refractivity contribution >= 4 is 30.1 Å². The first-order chi connectivity index (χ1) is 9.42. The van der Waals surface area contributed by atoms with Crippen molar-refractivity contribution in [2.75, 3.05) is 13.1 Å². The fourth-order valence-corrected chi connectivity index (χ4v) is 3.08. The third kappa shape index (κ3) is 4.17. The number of hydrogen-bond acceptors (Lipinski definition) is 4. The number of likely N-dealkylation sites (tertiary alicyclic amines) is 1. The van der Waals surface area contributed by atoms with E-state index in [1.54, 1.807) is 0 Å². The van der Waals surface area contributed by atoms with Crippen LogP contribution in [0.1, 0.15) is 45.4 Å². The number of nitrogens with one attached hydrogen (secondary N) is 1. The van der Waals surface area contributed by atoms with Crippen LogP contribution in [0.3, 0.4) is 0 Å². The van der Waals surface area contributed by atoms with E-state index < -0.39 is 5.54 Å². The first-order valence-electron chi connectivity index (χ1n) is 7.31. The van der Waals surface area contributed by atoms with Crippen LogP contribution in [0.5, 0.6) is 0 Å². The van der Waals surface area contributed by atoms with Crippen LogP contribution < -0.4 is 11.1 Å². The molecular weight excluding hydrogens is 294 g/mol. The van der Waals surface area contributed by atoms with Crippen LogP contribution in [0.25, 0.3) is 0 Å². The highest BCUT2D eigenvalue weighted by Gasteiger charge is 2.37. The molecule has 0 aromatic carbocycles. The Morgan fingerprint density at radius 2 is 1.95 bits per heavy atom. The van der Waals surface area contributed by atoms with E-state index in [0.717, 1.165) is 25.7 Å². The number of carbonyl (C=O) groups is 3. The number of carbonyl (C=O) groups excluding carboxylic acids is 3. The van der Waals surface area contributed by atoms with Gasteiger partial charge in [-0.2, -0.15) is 0 Å². The maximum absolute atomic E-state index is 12.2. The van der Waals surface area contributed by atoms with Crippen LogP contribution in [0, 0.1) is 5.92 Å². The standard InChI is InChI=1S/C14H23N3O3.ClH/c1-14(15)7-3-2-4-10(14)13(20)16-8-9-17-11(18)5-6-12(17)19;/h10H,2-9,15H2,1H3,(H,16,20);1H. The zero-order chi connectivity index (χ0) is 14.8. The molecule has 2 atom stereocenters. The topological polar surface area (TPSA) is 92.5 Å². The van der Waals surface area contributed by atoms with Gasteiger partial charge in [-0.25, -0.2) is 0 Å². The Balaban J connectivity index is 0.00000220. The predicted molar refractivity (Wildman–Crippen MR) is 80.8 cm³/mol. The van der Waals surface area contributed by atoms with Crippen molar-refractivity contribution < 1.29 is 14.4 Å². The van der Waals surface area contributed by atoms with E-state index in [1.807, 2.05) is 6.92 Å². The van der Waals surface area contributed by atoms with Crippen molar-refractivity contribution in [3.8, 4) is 0 Å². The Morgan fingerprint density at radius 1 is 1.33 bits per heavy atom. The zero-order valence-corrected chi connectivity index (χ0v) is 13.2. The molecule has 2 aliphatic rings. The molecule has 1 saturated heterocycles. The number of imide groups is 1. The van der Waals surface area contributed by atoms with E-state index in [4.69, 9.17) is 5.73 Å². The number of nitrogens with two attached hydrogens (primary N) is 1. The molecular formula is C14H24ClN3O3. The molecule has 6 nitrogen and oxygen atoms in total. The van der Waals surface area contributed by atoms with Crippen molar-refractivity contribution in [2.24, 2.45) is 11.7 Å². The molecule has 1 aliphatic heterocycles. The Kier molecular flexibility index (Phi) is 6.16. The van der Waals surface area contributed by atoms with Gasteiger partial charge in [-0.05, 0) is 19.8 Å². The van der Waals surface area contributed by atoms with Gasteiger partial charge in [0, 0.05) is 31.5 Å². The second-order valence-corrected chi connectivity index (χ2v) is 6.03. The lowest BCUT2D eigenvalue weighted by Gasteiger charge is -2.37. The summed E-state index contributed by atoms with van der Waals surface area (Å²) in [4.78, 5) is 36.3. The number of hydrogen-bond donors (Lipinski definition) is 2. The van der Waals surface area contributed by atoms with E-state index in [0.29, 0.717) is 6.54 Å². The molecule has 0 aromatic heterocycles. The van der Waals surface area contributed by atoms with Gasteiger partial charge in [-0.3, -0.25) is 19.3 Å². The molecule has 0 bridgehead atoms. The summed E-state index contributed by atoms with van der Waals surface area (Å²) in [5, 5.41) is 2.81. The molecule has 1 saturated carbocycles. The first kappa shape index (κ1) is 17.9. The molecule has 2 rings (SSSR count). The van der Waals surface area contributed by atoms with Gasteiger partial charge in [0.15, 0.2) is 0 Å². The average Bonchev–Trinajstić information content (AvgIpc) is 2.69. The van der Waals surface area contributed by atoms with Crippen LogP contribution in [0.2, 0.25) is 0 Å². The predicted octanol–water partition coefficient (Wildman–Crippen LogP) is 0.581. The third-order valence-corrected chi connectivity index (χ3v) is 4.36. The lowest BCUT2D eigenvalue weighted by molar-refractivity contribution is -0.139. The molecule has 2 fully saturated rings. The Hall–Kier alpha value is -1.14. The molecule has 3 amide bonds. The summed E-state index contributed by atoms with van der Waals surface area (Å²) >= 11 is 0. The van der Waals surface area contributed by atoms with Crippen molar-refractivity contribution in [1.82, 2.24) is 10.2 Å². The molecule has 0 radical (unpaired) electrons. The van der Waals surface area contributed by atoms with Gasteiger partial charge in [0.1, 0.15) is 0 Å². The lowest BCUT2D eigenvalue weighted by atomic mass is 9.74. The molecule has 120 valence electrons. The van der Waals surface area contributed by atoms with Crippen LogP contribution in [0.4, 0.5) is 0 Å². The largest absolute Gasteiger partial charge is 0.354 e. The van der Waals surface area contributed by atoms with Gasteiger partial charge in [0.2, 0.25) is 17.7 Å². The van der Waals surface area contributed by atoms with Crippen LogP contribution in [0.15, 0.2) is 0 Å². The zero-order valence-electron chi connectivity index (χ0n) is 12.4. The third-order valence-electron chi connectivity index (χ3n) is 4.36. The van der Waals surface area contributed by atoms with E-state index in [9.17, 15) is 14.4 Å². The minimum Gasteiger partial charge on any atom is -0.354 e. The van der Waals surface area contributed by atoms with Gasteiger partial charge in [-0.15, -0.1) is 12.4 Å². The van der Waals surface area contributed by atoms with E-state index in [2.05, 4.69) is 5.32 Å². The fraction of sp³-hybridized carbons (Fsp3) is 0.786. The molecule has 0 spiro atoms. The highest BCUT2D eigenvalue weighted by molar-refractivity contribution is 6.01. The fourth-order valence-electron chi connectivity index (χ4n) is 3.08. The highest BCUT2D eigenvalue weighted by Crippen LogP contribution is 2.31. The SMILES string of the molecule is CC1(N)CCCCC1C(=O)NCCN1C(=O)CCC1=O.Cl. The van der Waals surface area contributed by atoms with Crippen molar-refractivity contribution in [2.45, 2.75) is 51.0 Å². The van der Waals surface area contributed by atoms with Gasteiger partial charge in [0.05, 0.1) is 5.92 Å². The van der Waals surface area contributed by atoms with Crippen LogP contribution in [-0.4, -0.2) is 41.2 Å². The number of rotatable bonds is 4. The summed E-state index contributed by atoms with van der Waals surface area (Å²) in [6, 6.07) is 0. The Bertz CT molecular complexity index is 410. The Morgan fingerprint density at radius 3 is 2.52 bits per heavy atom. The maximum atomic E-state index is 12.2. The summed E-state index contributed by atoms with van der Waals surface area (Å²) in [6.07, 6.45) is 4.32. The average molecular weight is 318 g/mol. The van der Waals surface area contributed by atoms with Crippen molar-refractivity contribution in [3.63, 3.8) is 0 Å². The summed E-state index contributed by atoms with van der Waals surface area (Å²) < 4.78 is 0. The molecule has 0 aromatic rings. The van der Waals surface area contributed by atoms with Crippen molar-refractivity contribution in [3.05, 3.63) is 0 Å². The van der Waals surface area contributed by atoms with E-state index >= 15 is 0 Å². The van der Waals surface area contributed by atoms with Crippen LogP contribution >= 0.6 is 12.4 Å². The molecule has 2 unspecified atom stereocenters. The van der Waals surface area contributed by atoms with Crippen molar-refractivity contribution in [1.29, 1.82) is 0 Å². The Labute approximate surface area is 131 Å². The van der Waals surface area contributed by atoms with E-state index in [-0.39, 0.29) is 55.4 Å². The highest BCUT2D eigenvalue weighted by atomic mass is 35.5. The minimum absolute atomic E-state index is 0. The minimum atomic E-state index is -0.457. The second-order valence-electron chi connectivity index (χ2n) is 6.03. The summed E-state index contributed by atoms with van der Waals surface area (Å²) in [5.41, 5.74) is 5.72. The summed E-state index contributed by atoms with van der Waals surface area (Å²) in [6.45, 7) is 2.49. The number of amides is 3. The molecule has 7 heteroatoms. The van der Waals surface area contributed by atoms with Gasteiger partial charge in [-0.1, -0.05) is 12.8 Å². The molecule has 3 N–H and O–H groups in total. The number of halogens is 1. The van der Waals surface area contributed by atoms with Gasteiger partial charge < -0.3 is 11.1 Å². The monoisotopic (exact) mass is 317 g/mol. The quantitative estimate of drug-likeness (QED) is 0.742. The smallest absolute Gasteiger partial charge is 0.229 e. The first-order valence-corrected chi connectivity index (χ1v) is 7.31. The summed E-state index contributed by atoms with van der Waals surface area (Å²) in [5.74, 6) is -0.536. The van der Waals surface area contributed by atoms with Gasteiger partial charge in [0.25, 0.3) is 0 Å². The van der Waals surface area contributed by atoms with E-state index in [1.165, 1.54) is 4.90 Å². The molecule has 21 heavy (non-hydrogen) atoms.